The lowest BCUT2D eigenvalue weighted by atomic mass is 10.3. The molecule has 0 aliphatic heterocycles. The first-order chi connectivity index (χ1) is 7.66. The number of H-pyrrole nitrogens is 3. The van der Waals surface area contributed by atoms with Crippen molar-refractivity contribution in [3.05, 3.63) is 34.1 Å². The van der Waals surface area contributed by atoms with Crippen LogP contribution in [0.25, 0.3) is 0 Å². The Kier molecular flexibility index (Phi) is 2.46. The fourth-order valence-corrected chi connectivity index (χ4v) is 1.19. The summed E-state index contributed by atoms with van der Waals surface area (Å²) in [6, 6.07) is 0. The summed E-state index contributed by atoms with van der Waals surface area (Å²) >= 11 is 0. The van der Waals surface area contributed by atoms with Crippen molar-refractivity contribution in [2.24, 2.45) is 0 Å². The number of imidazole rings is 1. The number of carbonyl (C=O) groups is 1. The van der Waals surface area contributed by atoms with Gasteiger partial charge in [-0.2, -0.15) is 5.10 Å². The van der Waals surface area contributed by atoms with E-state index in [1.165, 1.54) is 12.4 Å². The Hall–Kier alpha value is -2.51. The predicted molar refractivity (Wildman–Crippen MR) is 55.6 cm³/mol. The van der Waals surface area contributed by atoms with Gasteiger partial charge < -0.3 is 21.0 Å². The van der Waals surface area contributed by atoms with Gasteiger partial charge in [-0.25, -0.2) is 4.79 Å². The maximum absolute atomic E-state index is 11.5. The van der Waals surface area contributed by atoms with Gasteiger partial charge >= 0.3 is 5.69 Å². The van der Waals surface area contributed by atoms with Crippen molar-refractivity contribution in [1.82, 2.24) is 25.5 Å². The molecule has 16 heavy (non-hydrogen) atoms. The third kappa shape index (κ3) is 1.95. The minimum Gasteiger partial charge on any atom is -0.384 e. The van der Waals surface area contributed by atoms with Gasteiger partial charge in [0.1, 0.15) is 11.5 Å². The maximum Gasteiger partial charge on any atom is 0.323 e. The maximum atomic E-state index is 11.5. The second-order valence-corrected chi connectivity index (χ2v) is 3.15. The van der Waals surface area contributed by atoms with Gasteiger partial charge in [0, 0.05) is 18.3 Å². The largest absolute Gasteiger partial charge is 0.384 e. The Balaban J connectivity index is 1.99. The fraction of sp³-hybridized carbons (Fsp3) is 0.125. The number of nitrogens with zero attached hydrogens (tertiary/aromatic N) is 1. The molecule has 0 aromatic carbocycles. The van der Waals surface area contributed by atoms with E-state index < -0.39 is 5.69 Å². The van der Waals surface area contributed by atoms with Crippen LogP contribution in [0.15, 0.2) is 17.2 Å². The third-order valence-electron chi connectivity index (χ3n) is 2.03. The zero-order chi connectivity index (χ0) is 11.5. The summed E-state index contributed by atoms with van der Waals surface area (Å²) in [7, 11) is 0. The van der Waals surface area contributed by atoms with Crippen molar-refractivity contribution in [2.75, 3.05) is 5.73 Å². The Morgan fingerprint density at radius 1 is 1.56 bits per heavy atom. The van der Waals surface area contributed by atoms with E-state index in [0.717, 1.165) is 0 Å². The summed E-state index contributed by atoms with van der Waals surface area (Å²) in [5.41, 5.74) is 5.97. The summed E-state index contributed by atoms with van der Waals surface area (Å²) < 4.78 is 0. The first-order valence-electron chi connectivity index (χ1n) is 4.50. The smallest absolute Gasteiger partial charge is 0.323 e. The molecule has 0 unspecified atom stereocenters. The van der Waals surface area contributed by atoms with E-state index in [9.17, 15) is 9.59 Å². The van der Waals surface area contributed by atoms with E-state index in [1.54, 1.807) is 0 Å². The van der Waals surface area contributed by atoms with Crippen molar-refractivity contribution in [1.29, 1.82) is 0 Å². The zero-order valence-corrected chi connectivity index (χ0v) is 8.20. The predicted octanol–water partition coefficient (Wildman–Crippen LogP) is -1.06. The molecule has 0 spiro atoms. The number of nitrogen functional groups attached to an aromatic ring is 1. The topological polar surface area (TPSA) is 132 Å². The molecule has 0 aliphatic carbocycles. The van der Waals surface area contributed by atoms with Gasteiger partial charge in [0.25, 0.3) is 5.91 Å². The van der Waals surface area contributed by atoms with Crippen LogP contribution < -0.4 is 16.7 Å². The number of rotatable bonds is 3. The van der Waals surface area contributed by atoms with Crippen LogP contribution in [0, 0.1) is 0 Å². The molecule has 2 aromatic rings. The summed E-state index contributed by atoms with van der Waals surface area (Å²) in [6.07, 6.45) is 2.83. The SMILES string of the molecule is Nc1[nH]ncc1CNC(=O)c1c[nH]c(=O)[nH]1. The molecule has 8 heteroatoms. The molecule has 2 heterocycles. The summed E-state index contributed by atoms with van der Waals surface area (Å²) in [5, 5.41) is 8.85. The van der Waals surface area contributed by atoms with E-state index in [2.05, 4.69) is 25.5 Å². The molecular weight excluding hydrogens is 212 g/mol. The molecule has 0 saturated heterocycles. The number of amides is 1. The van der Waals surface area contributed by atoms with E-state index in [4.69, 9.17) is 5.73 Å². The van der Waals surface area contributed by atoms with Gasteiger partial charge in [-0.3, -0.25) is 9.89 Å². The minimum absolute atomic E-state index is 0.173. The van der Waals surface area contributed by atoms with Crippen molar-refractivity contribution in [2.45, 2.75) is 6.54 Å². The average molecular weight is 222 g/mol. The standard InChI is InChI=1S/C8H10N6O2/c9-6-4(2-12-14-6)1-10-7(15)5-3-11-8(16)13-5/h2-3H,1H2,(H,10,15)(H3,9,12,14)(H2,11,13,16). The number of carbonyl (C=O) groups excluding carboxylic acids is 1. The second-order valence-electron chi connectivity index (χ2n) is 3.15. The fourth-order valence-electron chi connectivity index (χ4n) is 1.19. The highest BCUT2D eigenvalue weighted by atomic mass is 16.2. The van der Waals surface area contributed by atoms with Gasteiger partial charge in [0.05, 0.1) is 6.20 Å². The van der Waals surface area contributed by atoms with Gasteiger partial charge in [-0.1, -0.05) is 0 Å². The van der Waals surface area contributed by atoms with Gasteiger partial charge in [0.2, 0.25) is 0 Å². The van der Waals surface area contributed by atoms with Crippen molar-refractivity contribution >= 4 is 11.7 Å². The second kappa shape index (κ2) is 3.93. The number of anilines is 1. The summed E-state index contributed by atoms with van der Waals surface area (Å²) in [4.78, 5) is 26.9. The molecule has 0 atom stereocenters. The Morgan fingerprint density at radius 3 is 2.94 bits per heavy atom. The van der Waals surface area contributed by atoms with Crippen LogP contribution in [0.3, 0.4) is 0 Å². The van der Waals surface area contributed by atoms with Gasteiger partial charge in [-0.15, -0.1) is 0 Å². The zero-order valence-electron chi connectivity index (χ0n) is 8.20. The lowest BCUT2D eigenvalue weighted by Crippen LogP contribution is -2.24. The highest BCUT2D eigenvalue weighted by Gasteiger charge is 2.08. The Bertz CT molecular complexity index is 551. The molecule has 84 valence electrons. The minimum atomic E-state index is -0.423. The summed E-state index contributed by atoms with van der Waals surface area (Å²) in [6.45, 7) is 0.244. The molecule has 6 N–H and O–H groups in total. The molecule has 0 radical (unpaired) electrons. The van der Waals surface area contributed by atoms with E-state index in [0.29, 0.717) is 11.4 Å². The van der Waals surface area contributed by atoms with E-state index in [-0.39, 0.29) is 18.1 Å². The highest BCUT2D eigenvalue weighted by molar-refractivity contribution is 5.91. The summed E-state index contributed by atoms with van der Waals surface area (Å²) in [5.74, 6) is 0.0156. The number of hydrogen-bond acceptors (Lipinski definition) is 4. The molecule has 0 saturated carbocycles. The van der Waals surface area contributed by atoms with Crippen molar-refractivity contribution in [3.63, 3.8) is 0 Å². The van der Waals surface area contributed by atoms with Crippen LogP contribution in [0.1, 0.15) is 16.1 Å². The number of aromatic amines is 3. The highest BCUT2D eigenvalue weighted by Crippen LogP contribution is 2.04. The molecule has 2 rings (SSSR count). The first-order valence-corrected chi connectivity index (χ1v) is 4.50. The van der Waals surface area contributed by atoms with Crippen LogP contribution in [-0.4, -0.2) is 26.1 Å². The van der Waals surface area contributed by atoms with Crippen LogP contribution >= 0.6 is 0 Å². The van der Waals surface area contributed by atoms with Gasteiger partial charge in [-0.05, 0) is 0 Å². The third-order valence-corrected chi connectivity index (χ3v) is 2.03. The van der Waals surface area contributed by atoms with Crippen LogP contribution in [0.5, 0.6) is 0 Å². The Labute approximate surface area is 89.3 Å². The quantitative estimate of drug-likeness (QED) is 0.452. The van der Waals surface area contributed by atoms with Crippen LogP contribution in [0.4, 0.5) is 5.82 Å². The monoisotopic (exact) mass is 222 g/mol. The molecule has 0 bridgehead atoms. The molecule has 1 amide bonds. The number of nitrogens with one attached hydrogen (secondary N) is 4. The van der Waals surface area contributed by atoms with E-state index in [1.807, 2.05) is 0 Å². The average Bonchev–Trinajstić information content (AvgIpc) is 2.84. The number of nitrogens with two attached hydrogens (primary N) is 1. The van der Waals surface area contributed by atoms with Crippen LogP contribution in [-0.2, 0) is 6.54 Å². The number of hydrogen-bond donors (Lipinski definition) is 5. The normalized spacial score (nSPS) is 10.2. The van der Waals surface area contributed by atoms with Crippen LogP contribution in [0.2, 0.25) is 0 Å². The lowest BCUT2D eigenvalue weighted by Gasteiger charge is -2.01. The molecular formula is C8H10N6O2. The van der Waals surface area contributed by atoms with Gasteiger partial charge in [0.15, 0.2) is 0 Å². The Morgan fingerprint density at radius 2 is 2.38 bits per heavy atom. The lowest BCUT2D eigenvalue weighted by molar-refractivity contribution is 0.0946. The molecule has 0 aliphatic rings. The molecule has 8 nitrogen and oxygen atoms in total. The van der Waals surface area contributed by atoms with E-state index >= 15 is 0 Å². The molecule has 2 aromatic heterocycles. The van der Waals surface area contributed by atoms with Crippen molar-refractivity contribution in [3.8, 4) is 0 Å². The molecule has 0 fully saturated rings. The first kappa shape index (κ1) is 10.0. The van der Waals surface area contributed by atoms with Crippen molar-refractivity contribution < 1.29 is 4.79 Å². The number of aromatic nitrogens is 4.